The minimum atomic E-state index is -1.42. The van der Waals surface area contributed by atoms with Crippen LogP contribution in [-0.2, 0) is 0 Å². The van der Waals surface area contributed by atoms with Crippen molar-refractivity contribution >= 4 is 15.1 Å². The minimum absolute atomic E-state index is 0.405. The molecule has 86 valence electrons. The Morgan fingerprint density at radius 1 is 1.31 bits per heavy atom. The first kappa shape index (κ1) is 11.8. The SMILES string of the molecule is CC(C)(C)[Si](C)(C)N1C=CC=C2C=CCB21. The van der Waals surface area contributed by atoms with E-state index < -0.39 is 8.24 Å². The maximum Gasteiger partial charge on any atom is 0.283 e. The summed E-state index contributed by atoms with van der Waals surface area (Å²) in [6.07, 6.45) is 12.6. The van der Waals surface area contributed by atoms with Gasteiger partial charge in [0, 0.05) is 0 Å². The van der Waals surface area contributed by atoms with Gasteiger partial charge in [0.15, 0.2) is 0 Å². The number of hydrogen-bond acceptors (Lipinski definition) is 1. The molecule has 2 heterocycles. The van der Waals surface area contributed by atoms with Crippen molar-refractivity contribution in [2.45, 2.75) is 45.2 Å². The van der Waals surface area contributed by atoms with Gasteiger partial charge in [-0.1, -0.05) is 57.6 Å². The van der Waals surface area contributed by atoms with Gasteiger partial charge in [-0.3, -0.25) is 0 Å². The van der Waals surface area contributed by atoms with Crippen molar-refractivity contribution in [2.24, 2.45) is 0 Å². The molecule has 0 spiro atoms. The van der Waals surface area contributed by atoms with Crippen molar-refractivity contribution in [1.29, 1.82) is 0 Å². The van der Waals surface area contributed by atoms with Crippen molar-refractivity contribution in [3.8, 4) is 0 Å². The normalized spacial score (nSPS) is 20.2. The Morgan fingerprint density at radius 2 is 2.00 bits per heavy atom. The molecule has 16 heavy (non-hydrogen) atoms. The van der Waals surface area contributed by atoms with Crippen LogP contribution in [0, 0.1) is 0 Å². The summed E-state index contributed by atoms with van der Waals surface area (Å²) in [5, 5.41) is 0.405. The van der Waals surface area contributed by atoms with Crippen LogP contribution in [-0.4, -0.2) is 19.6 Å². The van der Waals surface area contributed by atoms with Gasteiger partial charge in [-0.25, -0.2) is 0 Å². The van der Waals surface area contributed by atoms with E-state index in [0.29, 0.717) is 11.9 Å². The first-order chi connectivity index (χ1) is 7.34. The van der Waals surface area contributed by atoms with E-state index in [9.17, 15) is 0 Å². The molecule has 2 aliphatic heterocycles. The summed E-state index contributed by atoms with van der Waals surface area (Å²) in [5.74, 6) is 0. The van der Waals surface area contributed by atoms with Gasteiger partial charge in [0.25, 0.3) is 6.85 Å². The Bertz CT molecular complexity index is 374. The highest BCUT2D eigenvalue weighted by Gasteiger charge is 2.45. The number of rotatable bonds is 1. The summed E-state index contributed by atoms with van der Waals surface area (Å²) >= 11 is 0. The third-order valence-electron chi connectivity index (χ3n) is 4.41. The molecule has 0 saturated carbocycles. The average Bonchev–Trinajstić information content (AvgIpc) is 2.62. The molecule has 0 atom stereocenters. The highest BCUT2D eigenvalue weighted by Crippen LogP contribution is 2.41. The van der Waals surface area contributed by atoms with Crippen LogP contribution in [0.4, 0.5) is 0 Å². The van der Waals surface area contributed by atoms with E-state index >= 15 is 0 Å². The van der Waals surface area contributed by atoms with E-state index in [1.54, 1.807) is 0 Å². The molecule has 0 aliphatic carbocycles. The Kier molecular flexibility index (Phi) is 2.69. The van der Waals surface area contributed by atoms with Crippen molar-refractivity contribution in [3.05, 3.63) is 36.0 Å². The monoisotopic (exact) mass is 231 g/mol. The van der Waals surface area contributed by atoms with E-state index in [4.69, 9.17) is 0 Å². The summed E-state index contributed by atoms with van der Waals surface area (Å²) < 4.78 is 2.67. The average molecular weight is 231 g/mol. The van der Waals surface area contributed by atoms with Crippen LogP contribution in [0.5, 0.6) is 0 Å². The molecule has 3 heteroatoms. The lowest BCUT2D eigenvalue weighted by Crippen LogP contribution is -2.58. The first-order valence-corrected chi connectivity index (χ1v) is 9.12. The van der Waals surface area contributed by atoms with Gasteiger partial charge in [-0.2, -0.15) is 0 Å². The fourth-order valence-electron chi connectivity index (χ4n) is 2.33. The Hall–Kier alpha value is -0.698. The topological polar surface area (TPSA) is 3.24 Å². The second-order valence-corrected chi connectivity index (χ2v) is 11.5. The van der Waals surface area contributed by atoms with Gasteiger partial charge in [0.1, 0.15) is 8.24 Å². The van der Waals surface area contributed by atoms with Gasteiger partial charge >= 0.3 is 0 Å². The molecule has 0 aromatic heterocycles. The molecule has 0 fully saturated rings. The predicted octanol–water partition coefficient (Wildman–Crippen LogP) is 3.85. The largest absolute Gasteiger partial charge is 0.444 e. The molecule has 0 aromatic rings. The minimum Gasteiger partial charge on any atom is -0.444 e. The van der Waals surface area contributed by atoms with Crippen molar-refractivity contribution in [1.82, 2.24) is 4.48 Å². The van der Waals surface area contributed by atoms with Crippen LogP contribution >= 0.6 is 0 Å². The Labute approximate surface area is 101 Å². The maximum atomic E-state index is 2.67. The Morgan fingerprint density at radius 3 is 2.62 bits per heavy atom. The molecule has 0 saturated heterocycles. The van der Waals surface area contributed by atoms with Gasteiger partial charge in [-0.15, -0.1) is 0 Å². The van der Waals surface area contributed by atoms with E-state index in [-0.39, 0.29) is 0 Å². The molecule has 0 radical (unpaired) electrons. The zero-order valence-corrected chi connectivity index (χ0v) is 12.1. The number of fused-ring (bicyclic) bond motifs is 1. The van der Waals surface area contributed by atoms with Crippen molar-refractivity contribution < 1.29 is 0 Å². The second-order valence-electron chi connectivity index (χ2n) is 6.38. The van der Waals surface area contributed by atoms with Crippen LogP contribution in [0.2, 0.25) is 24.5 Å². The second kappa shape index (κ2) is 3.66. The molecule has 1 nitrogen and oxygen atoms in total. The smallest absolute Gasteiger partial charge is 0.283 e. The third kappa shape index (κ3) is 1.71. The summed E-state index contributed by atoms with van der Waals surface area (Å²) in [7, 11) is -1.42. The molecule has 2 aliphatic rings. The highest BCUT2D eigenvalue weighted by atomic mass is 28.3. The lowest BCUT2D eigenvalue weighted by atomic mass is 9.55. The number of allylic oxidation sites excluding steroid dienone is 5. The quantitative estimate of drug-likeness (QED) is 0.619. The summed E-state index contributed by atoms with van der Waals surface area (Å²) in [6, 6.07) is 0. The number of nitrogens with zero attached hydrogens (tertiary/aromatic N) is 1. The predicted molar refractivity (Wildman–Crippen MR) is 76.0 cm³/mol. The summed E-state index contributed by atoms with van der Waals surface area (Å²) in [6.45, 7) is 12.7. The lowest BCUT2D eigenvalue weighted by Gasteiger charge is -2.49. The molecular weight excluding hydrogens is 209 g/mol. The van der Waals surface area contributed by atoms with Crippen molar-refractivity contribution in [2.75, 3.05) is 0 Å². The summed E-state index contributed by atoms with van der Waals surface area (Å²) in [5.41, 5.74) is 1.49. The van der Waals surface area contributed by atoms with E-state index in [0.717, 1.165) is 0 Å². The van der Waals surface area contributed by atoms with Crippen molar-refractivity contribution in [3.63, 3.8) is 0 Å². The standard InChI is InChI=1S/C13H22BNSi/c1-13(2,3)16(4,5)15-11-7-9-12-8-6-10-14(12)15/h6-9,11H,10H2,1-5H3. The zero-order chi connectivity index (χ0) is 12.0. The fourth-order valence-corrected chi connectivity index (χ4v) is 4.60. The molecule has 0 unspecified atom stereocenters. The van der Waals surface area contributed by atoms with Crippen LogP contribution in [0.15, 0.2) is 36.0 Å². The highest BCUT2D eigenvalue weighted by molar-refractivity contribution is 6.89. The molecule has 0 aromatic carbocycles. The van der Waals surface area contributed by atoms with Crippen LogP contribution in [0.25, 0.3) is 0 Å². The first-order valence-electron chi connectivity index (χ1n) is 6.17. The van der Waals surface area contributed by atoms with Gasteiger partial charge in [0.2, 0.25) is 0 Å². The summed E-state index contributed by atoms with van der Waals surface area (Å²) in [4.78, 5) is 0. The third-order valence-corrected chi connectivity index (χ3v) is 9.83. The molecule has 0 N–H and O–H groups in total. The van der Waals surface area contributed by atoms with Crippen LogP contribution in [0.1, 0.15) is 20.8 Å². The fraction of sp³-hybridized carbons (Fsp3) is 0.538. The van der Waals surface area contributed by atoms with Gasteiger partial charge in [0.05, 0.1) is 0 Å². The molecule has 0 amide bonds. The Balaban J connectivity index is 2.30. The molecular formula is C13H22BNSi. The molecule has 0 bridgehead atoms. The van der Waals surface area contributed by atoms with Gasteiger partial charge < -0.3 is 4.48 Å². The van der Waals surface area contributed by atoms with Gasteiger partial charge in [-0.05, 0) is 23.6 Å². The van der Waals surface area contributed by atoms with E-state index in [1.165, 1.54) is 11.8 Å². The van der Waals surface area contributed by atoms with E-state index in [1.807, 2.05) is 0 Å². The van der Waals surface area contributed by atoms with Crippen LogP contribution in [0.3, 0.4) is 0 Å². The maximum absolute atomic E-state index is 2.67. The zero-order valence-electron chi connectivity index (χ0n) is 11.1. The number of hydrogen-bond donors (Lipinski definition) is 0. The lowest BCUT2D eigenvalue weighted by molar-refractivity contribution is 0.651. The van der Waals surface area contributed by atoms with E-state index in [2.05, 4.69) is 68.8 Å². The molecule has 2 rings (SSSR count). The van der Waals surface area contributed by atoms with Crippen LogP contribution < -0.4 is 0 Å².